The molecule has 1 atom stereocenters. The summed E-state index contributed by atoms with van der Waals surface area (Å²) in [7, 11) is 0.108. The number of sulfonamides is 1. The van der Waals surface area contributed by atoms with Crippen LogP contribution in [0, 0.1) is 6.92 Å². The number of aliphatic imine (C=N–C) groups is 1. The third-order valence-corrected chi connectivity index (χ3v) is 5.72. The fraction of sp³-hybridized carbons (Fsp3) is 0.316. The number of quaternary nitrogens is 1. The predicted molar refractivity (Wildman–Crippen MR) is 104 cm³/mol. The lowest BCUT2D eigenvalue weighted by Crippen LogP contribution is -2.89. The lowest BCUT2D eigenvalue weighted by atomic mass is 10.2. The summed E-state index contributed by atoms with van der Waals surface area (Å²) in [6.45, 7) is 4.29. The summed E-state index contributed by atoms with van der Waals surface area (Å²) in [6.07, 6.45) is 1.71. The molecular weight excluding hydrogens is 350 g/mol. The summed E-state index contributed by atoms with van der Waals surface area (Å²) < 4.78 is 31.3. The second-order valence-corrected chi connectivity index (χ2v) is 8.11. The average Bonchev–Trinajstić information content (AvgIpc) is 2.65. The Kier molecular flexibility index (Phi) is 6.76. The van der Waals surface area contributed by atoms with Crippen LogP contribution in [0.15, 0.2) is 58.4 Å². The topological polar surface area (TPSA) is 75.6 Å². The number of aryl methyl sites for hydroxylation is 1. The summed E-state index contributed by atoms with van der Waals surface area (Å²) in [5, 5.41) is 0. The number of primary sulfonamides is 1. The van der Waals surface area contributed by atoms with Gasteiger partial charge < -0.3 is 9.64 Å². The van der Waals surface area contributed by atoms with Gasteiger partial charge in [0.2, 0.25) is 0 Å². The van der Waals surface area contributed by atoms with E-state index in [1.165, 1.54) is 4.72 Å². The highest BCUT2D eigenvalue weighted by molar-refractivity contribution is 7.84. The van der Waals surface area contributed by atoms with Crippen molar-refractivity contribution < 1.29 is 17.9 Å². The number of benzene rings is 2. The molecule has 2 N–H and O–H groups in total. The molecule has 0 aromatic heterocycles. The van der Waals surface area contributed by atoms with E-state index >= 15 is 0 Å². The summed E-state index contributed by atoms with van der Waals surface area (Å²) in [5.41, 5.74) is 1.84. The number of ether oxygens (including phenoxy) is 1. The predicted octanol–water partition coefficient (Wildman–Crippen LogP) is 1.94. The molecule has 0 saturated carbocycles. The maximum Gasteiger partial charge on any atom is 0.324 e. The van der Waals surface area contributed by atoms with Crippen molar-refractivity contribution in [2.45, 2.75) is 24.8 Å². The fourth-order valence-electron chi connectivity index (χ4n) is 2.20. The Morgan fingerprint density at radius 2 is 1.77 bits per heavy atom. The molecule has 0 aliphatic carbocycles. The SMILES string of the molecule is COc1ccc(N=CN(C)C(C)C[NH2+]S(=O)(=O)c2ccc(C)cc2)cc1. The second-order valence-electron chi connectivity index (χ2n) is 6.22. The van der Waals surface area contributed by atoms with E-state index < -0.39 is 10.0 Å². The molecule has 0 amide bonds. The Hall–Kier alpha value is -2.38. The number of methoxy groups -OCH3 is 1. The van der Waals surface area contributed by atoms with Crippen LogP contribution < -0.4 is 9.46 Å². The Balaban J connectivity index is 1.92. The largest absolute Gasteiger partial charge is 0.497 e. The Labute approximate surface area is 155 Å². The first-order chi connectivity index (χ1) is 12.3. The summed E-state index contributed by atoms with van der Waals surface area (Å²) >= 11 is 0. The van der Waals surface area contributed by atoms with Crippen molar-refractivity contribution in [2.24, 2.45) is 4.99 Å². The second kappa shape index (κ2) is 8.82. The van der Waals surface area contributed by atoms with E-state index in [9.17, 15) is 8.42 Å². The molecule has 0 radical (unpaired) electrons. The molecule has 140 valence electrons. The number of likely N-dealkylation sites (N-methyl/N-ethyl adjacent to an activating group) is 1. The van der Waals surface area contributed by atoms with Crippen molar-refractivity contribution in [1.82, 2.24) is 4.90 Å². The zero-order valence-corrected chi connectivity index (χ0v) is 16.4. The molecule has 6 nitrogen and oxygen atoms in total. The van der Waals surface area contributed by atoms with Gasteiger partial charge in [-0.1, -0.05) is 17.7 Å². The van der Waals surface area contributed by atoms with Crippen molar-refractivity contribution in [2.75, 3.05) is 20.7 Å². The van der Waals surface area contributed by atoms with Gasteiger partial charge in [0.05, 0.1) is 25.2 Å². The lowest BCUT2D eigenvalue weighted by Gasteiger charge is -2.20. The third-order valence-electron chi connectivity index (χ3n) is 4.16. The number of hydrogen-bond acceptors (Lipinski definition) is 4. The Morgan fingerprint density at radius 3 is 2.35 bits per heavy atom. The van der Waals surface area contributed by atoms with Gasteiger partial charge in [-0.15, -0.1) is 0 Å². The number of nitrogens with zero attached hydrogens (tertiary/aromatic N) is 2. The zero-order valence-electron chi connectivity index (χ0n) is 15.6. The lowest BCUT2D eigenvalue weighted by molar-refractivity contribution is -0.501. The van der Waals surface area contributed by atoms with Crippen molar-refractivity contribution >= 4 is 22.0 Å². The summed E-state index contributed by atoms with van der Waals surface area (Å²) in [4.78, 5) is 6.62. The van der Waals surface area contributed by atoms with Crippen molar-refractivity contribution in [1.29, 1.82) is 0 Å². The molecule has 0 aliphatic heterocycles. The van der Waals surface area contributed by atoms with Gasteiger partial charge >= 0.3 is 10.0 Å². The van der Waals surface area contributed by atoms with E-state index in [-0.39, 0.29) is 6.04 Å². The smallest absolute Gasteiger partial charge is 0.324 e. The third kappa shape index (κ3) is 5.57. The first-order valence-corrected chi connectivity index (χ1v) is 9.91. The van der Waals surface area contributed by atoms with E-state index in [0.29, 0.717) is 11.4 Å². The molecule has 0 aliphatic rings. The van der Waals surface area contributed by atoms with E-state index in [1.54, 1.807) is 37.7 Å². The number of nitrogens with two attached hydrogens (primary N) is 1. The molecule has 26 heavy (non-hydrogen) atoms. The first kappa shape index (κ1) is 19.9. The number of hydrogen-bond donors (Lipinski definition) is 1. The van der Waals surface area contributed by atoms with Gasteiger partial charge in [-0.3, -0.25) is 0 Å². The highest BCUT2D eigenvalue weighted by Gasteiger charge is 2.19. The van der Waals surface area contributed by atoms with E-state index in [4.69, 9.17) is 4.74 Å². The average molecular weight is 377 g/mol. The number of rotatable bonds is 8. The zero-order chi connectivity index (χ0) is 19.2. The minimum Gasteiger partial charge on any atom is -0.497 e. The van der Waals surface area contributed by atoms with Crippen LogP contribution >= 0.6 is 0 Å². The van der Waals surface area contributed by atoms with Gasteiger partial charge in [0.15, 0.2) is 0 Å². The van der Waals surface area contributed by atoms with Crippen molar-refractivity contribution in [3.05, 3.63) is 54.1 Å². The minimum atomic E-state index is -3.39. The maximum absolute atomic E-state index is 12.4. The monoisotopic (exact) mass is 376 g/mol. The molecule has 0 bridgehead atoms. The van der Waals surface area contributed by atoms with Gasteiger partial charge in [-0.25, -0.2) is 9.71 Å². The highest BCUT2D eigenvalue weighted by Crippen LogP contribution is 2.17. The molecule has 7 heteroatoms. The Bertz CT molecular complexity index is 831. The Morgan fingerprint density at radius 1 is 1.15 bits per heavy atom. The van der Waals surface area contributed by atoms with E-state index in [0.717, 1.165) is 17.0 Å². The molecule has 1 unspecified atom stereocenters. The van der Waals surface area contributed by atoms with Crippen LogP contribution in [0.5, 0.6) is 5.75 Å². The van der Waals surface area contributed by atoms with Gasteiger partial charge in [-0.05, 0) is 50.2 Å². The van der Waals surface area contributed by atoms with E-state index in [1.807, 2.05) is 50.1 Å². The standard InChI is InChI=1S/C19H25N3O3S/c1-15-5-11-19(12-6-15)26(23,24)21-13-16(2)22(3)14-20-17-7-9-18(25-4)10-8-17/h5-12,14,16,21H,13H2,1-4H3/p+1. The maximum atomic E-state index is 12.4. The van der Waals surface area contributed by atoms with Gasteiger partial charge in [-0.2, -0.15) is 8.42 Å². The summed E-state index contributed by atoms with van der Waals surface area (Å²) in [6, 6.07) is 14.3. The minimum absolute atomic E-state index is 0.00257. The molecule has 0 heterocycles. The van der Waals surface area contributed by atoms with Crippen LogP contribution in [0.2, 0.25) is 0 Å². The quantitative estimate of drug-likeness (QED) is 0.564. The van der Waals surface area contributed by atoms with Crippen LogP contribution in [-0.2, 0) is 10.0 Å². The molecule has 2 aromatic rings. The van der Waals surface area contributed by atoms with Crippen LogP contribution in [0.3, 0.4) is 0 Å². The van der Waals surface area contributed by atoms with Crippen LogP contribution in [-0.4, -0.2) is 46.4 Å². The molecule has 2 rings (SSSR count). The first-order valence-electron chi connectivity index (χ1n) is 8.37. The van der Waals surface area contributed by atoms with Crippen LogP contribution in [0.25, 0.3) is 0 Å². The summed E-state index contributed by atoms with van der Waals surface area (Å²) in [5.74, 6) is 0.779. The van der Waals surface area contributed by atoms with Gasteiger partial charge in [0.1, 0.15) is 17.2 Å². The van der Waals surface area contributed by atoms with Crippen molar-refractivity contribution in [3.63, 3.8) is 0 Å². The molecule has 0 fully saturated rings. The van der Waals surface area contributed by atoms with Crippen LogP contribution in [0.1, 0.15) is 12.5 Å². The van der Waals surface area contributed by atoms with Crippen LogP contribution in [0.4, 0.5) is 5.69 Å². The molecule has 0 saturated heterocycles. The van der Waals surface area contributed by atoms with Gasteiger partial charge in [0, 0.05) is 7.05 Å². The normalized spacial score (nSPS) is 12.9. The molecule has 0 spiro atoms. The van der Waals surface area contributed by atoms with E-state index in [2.05, 4.69) is 4.99 Å². The van der Waals surface area contributed by atoms with Crippen molar-refractivity contribution in [3.8, 4) is 5.75 Å². The fourth-order valence-corrected chi connectivity index (χ4v) is 3.44. The molecular formula is C19H26N3O3S+. The van der Waals surface area contributed by atoms with Gasteiger partial charge in [0.25, 0.3) is 0 Å². The highest BCUT2D eigenvalue weighted by atomic mass is 32.2. The molecule has 2 aromatic carbocycles.